The maximum atomic E-state index is 14.0. The molecule has 0 aliphatic heterocycles. The van der Waals surface area contributed by atoms with Crippen LogP contribution in [0, 0.1) is 11.6 Å². The molecule has 128 valence electrons. The van der Waals surface area contributed by atoms with Gasteiger partial charge in [0.2, 0.25) is 10.0 Å². The molecule has 2 N–H and O–H groups in total. The number of anilines is 1. The fraction of sp³-hybridized carbons (Fsp3) is 0.214. The lowest BCUT2D eigenvalue weighted by Crippen LogP contribution is -2.26. The van der Waals surface area contributed by atoms with Crippen LogP contribution in [0.3, 0.4) is 0 Å². The number of rotatable bonds is 5. The second-order valence-corrected chi connectivity index (χ2v) is 8.38. The van der Waals surface area contributed by atoms with Gasteiger partial charge in [-0.2, -0.15) is 0 Å². The molecule has 2 aromatic rings. The highest BCUT2D eigenvalue weighted by molar-refractivity contribution is 7.92. The molecule has 0 radical (unpaired) electrons. The Morgan fingerprint density at radius 1 is 1.25 bits per heavy atom. The van der Waals surface area contributed by atoms with Crippen LogP contribution in [0.2, 0.25) is 0 Å². The van der Waals surface area contributed by atoms with Crippen molar-refractivity contribution in [1.29, 1.82) is 0 Å². The fourth-order valence-electron chi connectivity index (χ4n) is 2.03. The van der Waals surface area contributed by atoms with E-state index in [1.54, 1.807) is 23.8 Å². The van der Waals surface area contributed by atoms with Crippen LogP contribution in [0.1, 0.15) is 28.2 Å². The number of hydrogen-bond donors (Lipinski definition) is 2. The minimum absolute atomic E-state index is 0.186. The van der Waals surface area contributed by atoms with E-state index in [0.29, 0.717) is 4.88 Å². The van der Waals surface area contributed by atoms with Gasteiger partial charge in [0, 0.05) is 0 Å². The molecule has 10 heteroatoms. The SMILES string of the molecule is Bc1ccc(C(=O)N[C@H](C)c2cc(F)c(NS(C)(=O)=O)c(F)c2)s1. The molecule has 0 fully saturated rings. The molecule has 0 spiro atoms. The smallest absolute Gasteiger partial charge is 0.261 e. The van der Waals surface area contributed by atoms with Gasteiger partial charge in [-0.3, -0.25) is 9.52 Å². The number of benzene rings is 1. The Bertz CT molecular complexity index is 861. The molecule has 0 bridgehead atoms. The standard InChI is InChI=1S/C14H15BF2N2O3S2/c1-7(18-14(20)11-3-4-12(15)23-11)8-5-9(16)13(10(17)6-8)19-24(2,21)22/h3-7,19H,15H2,1-2H3,(H,18,20)/t7-/m1/s1. The van der Waals surface area contributed by atoms with Crippen LogP contribution in [0.15, 0.2) is 24.3 Å². The lowest BCUT2D eigenvalue weighted by atomic mass is 10.1. The van der Waals surface area contributed by atoms with Gasteiger partial charge in [0.15, 0.2) is 19.5 Å². The van der Waals surface area contributed by atoms with Gasteiger partial charge in [0.05, 0.1) is 17.2 Å². The number of carbonyl (C=O) groups is 1. The Balaban J connectivity index is 2.21. The van der Waals surface area contributed by atoms with Crippen LogP contribution in [0.5, 0.6) is 0 Å². The summed E-state index contributed by atoms with van der Waals surface area (Å²) in [7, 11) is -1.94. The van der Waals surface area contributed by atoms with Crippen LogP contribution in [0.25, 0.3) is 0 Å². The normalized spacial score (nSPS) is 12.7. The van der Waals surface area contributed by atoms with Crippen molar-refractivity contribution in [1.82, 2.24) is 5.32 Å². The monoisotopic (exact) mass is 372 g/mol. The van der Waals surface area contributed by atoms with Crippen molar-refractivity contribution in [3.63, 3.8) is 0 Å². The molecule has 0 aliphatic rings. The zero-order valence-corrected chi connectivity index (χ0v) is 14.8. The zero-order chi connectivity index (χ0) is 18.1. The molecular formula is C14H15BF2N2O3S2. The third-order valence-electron chi connectivity index (χ3n) is 3.16. The summed E-state index contributed by atoms with van der Waals surface area (Å²) in [6.07, 6.45) is 0.797. The summed E-state index contributed by atoms with van der Waals surface area (Å²) >= 11 is 1.31. The molecule has 24 heavy (non-hydrogen) atoms. The third-order valence-corrected chi connectivity index (χ3v) is 4.74. The molecule has 0 aliphatic carbocycles. The largest absolute Gasteiger partial charge is 0.345 e. The van der Waals surface area contributed by atoms with Crippen LogP contribution in [-0.2, 0) is 10.0 Å². The number of amides is 1. The van der Waals surface area contributed by atoms with Crippen molar-refractivity contribution >= 4 is 45.6 Å². The summed E-state index contributed by atoms with van der Waals surface area (Å²) in [6, 6.07) is 4.79. The zero-order valence-electron chi connectivity index (χ0n) is 13.2. The molecule has 0 saturated heterocycles. The topological polar surface area (TPSA) is 75.3 Å². The van der Waals surface area contributed by atoms with E-state index in [-0.39, 0.29) is 11.5 Å². The van der Waals surface area contributed by atoms with E-state index in [9.17, 15) is 22.0 Å². The second kappa shape index (κ2) is 6.90. The molecule has 1 aromatic carbocycles. The van der Waals surface area contributed by atoms with Gasteiger partial charge >= 0.3 is 0 Å². The maximum Gasteiger partial charge on any atom is 0.261 e. The molecule has 5 nitrogen and oxygen atoms in total. The van der Waals surface area contributed by atoms with E-state index in [2.05, 4.69) is 5.32 Å². The van der Waals surface area contributed by atoms with Crippen molar-refractivity contribution in [3.8, 4) is 0 Å². The second-order valence-electron chi connectivity index (χ2n) is 5.34. The van der Waals surface area contributed by atoms with Crippen LogP contribution >= 0.6 is 11.3 Å². The number of carbonyl (C=O) groups excluding carboxylic acids is 1. The number of thiophene rings is 1. The van der Waals surface area contributed by atoms with Crippen molar-refractivity contribution in [2.24, 2.45) is 0 Å². The van der Waals surface area contributed by atoms with Crippen LogP contribution in [-0.4, -0.2) is 28.4 Å². The molecule has 2 rings (SSSR count). The van der Waals surface area contributed by atoms with Gasteiger partial charge in [-0.25, -0.2) is 17.2 Å². The summed E-state index contributed by atoms with van der Waals surface area (Å²) in [5.74, 6) is -2.45. The van der Waals surface area contributed by atoms with Crippen molar-refractivity contribution in [2.45, 2.75) is 13.0 Å². The summed E-state index contributed by atoms with van der Waals surface area (Å²) in [5.41, 5.74) is -0.556. The third kappa shape index (κ3) is 4.54. The first kappa shape index (κ1) is 18.4. The van der Waals surface area contributed by atoms with Gasteiger partial charge in [0.25, 0.3) is 5.91 Å². The lowest BCUT2D eigenvalue weighted by molar-refractivity contribution is 0.0944. The molecular weight excluding hydrogens is 357 g/mol. The minimum Gasteiger partial charge on any atom is -0.345 e. The first-order valence-electron chi connectivity index (χ1n) is 6.91. The van der Waals surface area contributed by atoms with E-state index in [1.165, 1.54) is 11.3 Å². The Morgan fingerprint density at radius 3 is 2.29 bits per heavy atom. The van der Waals surface area contributed by atoms with E-state index in [1.807, 2.05) is 7.85 Å². The van der Waals surface area contributed by atoms with E-state index < -0.39 is 33.4 Å². The van der Waals surface area contributed by atoms with E-state index >= 15 is 0 Å². The van der Waals surface area contributed by atoms with Crippen molar-refractivity contribution in [2.75, 3.05) is 11.0 Å². The number of nitrogens with one attached hydrogen (secondary N) is 2. The van der Waals surface area contributed by atoms with Gasteiger partial charge in [0.1, 0.15) is 5.69 Å². The lowest BCUT2D eigenvalue weighted by Gasteiger charge is -2.16. The van der Waals surface area contributed by atoms with Gasteiger partial charge < -0.3 is 5.32 Å². The Morgan fingerprint density at radius 2 is 1.83 bits per heavy atom. The highest BCUT2D eigenvalue weighted by Gasteiger charge is 2.19. The van der Waals surface area contributed by atoms with Crippen LogP contribution in [0.4, 0.5) is 14.5 Å². The molecule has 0 unspecified atom stereocenters. The molecule has 1 heterocycles. The number of sulfonamides is 1. The molecule has 1 amide bonds. The first-order valence-corrected chi connectivity index (χ1v) is 9.61. The summed E-state index contributed by atoms with van der Waals surface area (Å²) in [4.78, 5) is 12.6. The Kier molecular flexibility index (Phi) is 5.29. The minimum atomic E-state index is -3.81. The molecule has 1 atom stereocenters. The summed E-state index contributed by atoms with van der Waals surface area (Å²) in [5, 5.41) is 2.65. The maximum absolute atomic E-state index is 14.0. The average Bonchev–Trinajstić information content (AvgIpc) is 2.88. The van der Waals surface area contributed by atoms with Crippen LogP contribution < -0.4 is 14.8 Å². The van der Waals surface area contributed by atoms with E-state index in [4.69, 9.17) is 0 Å². The van der Waals surface area contributed by atoms with Gasteiger partial charge in [-0.15, -0.1) is 11.3 Å². The highest BCUT2D eigenvalue weighted by atomic mass is 32.2. The summed E-state index contributed by atoms with van der Waals surface area (Å²) in [6.45, 7) is 1.58. The van der Waals surface area contributed by atoms with E-state index in [0.717, 1.165) is 23.2 Å². The molecule has 1 aromatic heterocycles. The van der Waals surface area contributed by atoms with Crippen molar-refractivity contribution in [3.05, 3.63) is 46.3 Å². The fourth-order valence-corrected chi connectivity index (χ4v) is 3.37. The average molecular weight is 372 g/mol. The number of hydrogen-bond acceptors (Lipinski definition) is 4. The Hall–Kier alpha value is -1.94. The number of halogens is 2. The molecule has 0 saturated carbocycles. The van der Waals surface area contributed by atoms with Gasteiger partial charge in [-0.1, -0.05) is 6.07 Å². The highest BCUT2D eigenvalue weighted by Crippen LogP contribution is 2.25. The first-order chi connectivity index (χ1) is 11.1. The van der Waals surface area contributed by atoms with Crippen molar-refractivity contribution < 1.29 is 22.0 Å². The quantitative estimate of drug-likeness (QED) is 0.774. The van der Waals surface area contributed by atoms with Gasteiger partial charge in [-0.05, 0) is 35.5 Å². The predicted molar refractivity (Wildman–Crippen MR) is 93.2 cm³/mol. The predicted octanol–water partition coefficient (Wildman–Crippen LogP) is 1.15. The Labute approximate surface area is 143 Å². The summed E-state index contributed by atoms with van der Waals surface area (Å²) < 4.78 is 53.0.